The number of nitrogen functional groups attached to an aromatic ring is 1. The molecule has 17 heavy (non-hydrogen) atoms. The summed E-state index contributed by atoms with van der Waals surface area (Å²) >= 11 is 0. The van der Waals surface area contributed by atoms with E-state index in [1.807, 2.05) is 0 Å². The average Bonchev–Trinajstić information content (AvgIpc) is 2.90. The molecule has 0 aliphatic carbocycles. The van der Waals surface area contributed by atoms with Crippen LogP contribution in [0.1, 0.15) is 11.3 Å². The second-order valence-electron chi connectivity index (χ2n) is 3.82. The van der Waals surface area contributed by atoms with Crippen LogP contribution in [0.4, 0.5) is 11.4 Å². The number of aromatic amines is 1. The molecule has 2 aromatic rings. The predicted octanol–water partition coefficient (Wildman–Crippen LogP) is 1.48. The highest BCUT2D eigenvalue weighted by molar-refractivity contribution is 6.35. The van der Waals surface area contributed by atoms with Crippen molar-refractivity contribution in [2.75, 3.05) is 11.1 Å². The molecule has 3 rings (SSSR count). The van der Waals surface area contributed by atoms with Gasteiger partial charge in [0.1, 0.15) is 0 Å². The monoisotopic (exact) mass is 226 g/mol. The maximum absolute atomic E-state index is 11.8. The summed E-state index contributed by atoms with van der Waals surface area (Å²) in [5.41, 5.74) is 9.35. The molecule has 0 saturated carbocycles. The molecule has 1 aliphatic rings. The zero-order valence-corrected chi connectivity index (χ0v) is 8.90. The number of amides is 1. The Hall–Kier alpha value is -2.56. The molecule has 1 aliphatic heterocycles. The van der Waals surface area contributed by atoms with Crippen LogP contribution >= 0.6 is 0 Å². The third kappa shape index (κ3) is 1.57. The number of carbonyl (C=O) groups excluding carboxylic acids is 1. The number of rotatable bonds is 1. The van der Waals surface area contributed by atoms with Crippen LogP contribution in [0, 0.1) is 0 Å². The number of nitrogens with two attached hydrogens (primary N) is 1. The molecule has 4 N–H and O–H groups in total. The van der Waals surface area contributed by atoms with E-state index >= 15 is 0 Å². The van der Waals surface area contributed by atoms with Gasteiger partial charge in [-0.2, -0.15) is 0 Å². The Morgan fingerprint density at radius 1 is 1.35 bits per heavy atom. The van der Waals surface area contributed by atoms with Crippen LogP contribution in [0.25, 0.3) is 11.6 Å². The zero-order valence-electron chi connectivity index (χ0n) is 8.90. The van der Waals surface area contributed by atoms with Crippen molar-refractivity contribution in [2.45, 2.75) is 0 Å². The van der Waals surface area contributed by atoms with Crippen molar-refractivity contribution >= 4 is 28.9 Å². The van der Waals surface area contributed by atoms with Crippen LogP contribution in [0.15, 0.2) is 30.7 Å². The number of benzene rings is 1. The van der Waals surface area contributed by atoms with Crippen LogP contribution in [0.3, 0.4) is 0 Å². The molecule has 5 heteroatoms. The summed E-state index contributed by atoms with van der Waals surface area (Å²) in [6.07, 6.45) is 4.98. The number of H-pyrrole nitrogens is 1. The van der Waals surface area contributed by atoms with Crippen LogP contribution < -0.4 is 11.1 Å². The molecular formula is C12H10N4O. The summed E-state index contributed by atoms with van der Waals surface area (Å²) in [7, 11) is 0. The van der Waals surface area contributed by atoms with Gasteiger partial charge in [0, 0.05) is 16.9 Å². The maximum Gasteiger partial charge on any atom is 0.256 e. The van der Waals surface area contributed by atoms with Gasteiger partial charge in [-0.25, -0.2) is 4.98 Å². The molecule has 5 nitrogen and oxygen atoms in total. The number of imidazole rings is 1. The molecule has 0 fully saturated rings. The predicted molar refractivity (Wildman–Crippen MR) is 65.9 cm³/mol. The summed E-state index contributed by atoms with van der Waals surface area (Å²) < 4.78 is 0. The molecule has 0 atom stereocenters. The fourth-order valence-corrected chi connectivity index (χ4v) is 1.85. The van der Waals surface area contributed by atoms with Gasteiger partial charge in [0.05, 0.1) is 23.8 Å². The first-order valence-electron chi connectivity index (χ1n) is 5.15. The van der Waals surface area contributed by atoms with Gasteiger partial charge in [-0.3, -0.25) is 4.79 Å². The first kappa shape index (κ1) is 9.65. The minimum atomic E-state index is -0.125. The standard InChI is InChI=1S/C12H10N4O/c13-7-1-2-11-9(3-7)10(12(17)16-11)4-8-5-14-6-15-8/h1-6H,13H2,(H,14,15)(H,16,17)/b10-4+. The highest BCUT2D eigenvalue weighted by Gasteiger charge is 2.24. The Labute approximate surface area is 97.4 Å². The number of fused-ring (bicyclic) bond motifs is 1. The number of hydrogen-bond acceptors (Lipinski definition) is 3. The van der Waals surface area contributed by atoms with Crippen molar-refractivity contribution < 1.29 is 4.79 Å². The van der Waals surface area contributed by atoms with E-state index in [2.05, 4.69) is 15.3 Å². The second kappa shape index (κ2) is 3.48. The van der Waals surface area contributed by atoms with E-state index in [-0.39, 0.29) is 5.91 Å². The van der Waals surface area contributed by atoms with E-state index in [0.29, 0.717) is 11.3 Å². The van der Waals surface area contributed by atoms with Gasteiger partial charge in [-0.05, 0) is 24.3 Å². The van der Waals surface area contributed by atoms with Gasteiger partial charge in [0.15, 0.2) is 0 Å². The Morgan fingerprint density at radius 3 is 3.00 bits per heavy atom. The SMILES string of the molecule is Nc1ccc2c(c1)/C(=C\c1cnc[nH]1)C(=O)N2. The lowest BCUT2D eigenvalue weighted by Crippen LogP contribution is -2.03. The molecular weight excluding hydrogens is 216 g/mol. The number of anilines is 2. The Bertz CT molecular complexity index is 613. The molecule has 1 aromatic heterocycles. The van der Waals surface area contributed by atoms with Gasteiger partial charge in [0.2, 0.25) is 0 Å². The normalized spacial score (nSPS) is 16.0. The summed E-state index contributed by atoms with van der Waals surface area (Å²) in [6, 6.07) is 5.35. The van der Waals surface area contributed by atoms with E-state index in [1.54, 1.807) is 36.8 Å². The lowest BCUT2D eigenvalue weighted by atomic mass is 10.1. The Morgan fingerprint density at radius 2 is 2.24 bits per heavy atom. The minimum Gasteiger partial charge on any atom is -0.399 e. The van der Waals surface area contributed by atoms with Crippen molar-refractivity contribution in [2.24, 2.45) is 0 Å². The van der Waals surface area contributed by atoms with Crippen LogP contribution in [-0.4, -0.2) is 15.9 Å². The molecule has 0 spiro atoms. The highest BCUT2D eigenvalue weighted by Crippen LogP contribution is 2.33. The van der Waals surface area contributed by atoms with Gasteiger partial charge >= 0.3 is 0 Å². The van der Waals surface area contributed by atoms with Crippen molar-refractivity contribution in [3.8, 4) is 0 Å². The molecule has 0 radical (unpaired) electrons. The highest BCUT2D eigenvalue weighted by atomic mass is 16.2. The Balaban J connectivity index is 2.13. The van der Waals surface area contributed by atoms with Crippen LogP contribution in [-0.2, 0) is 4.79 Å². The molecule has 2 heterocycles. The van der Waals surface area contributed by atoms with Crippen molar-refractivity contribution in [1.29, 1.82) is 0 Å². The molecule has 1 amide bonds. The van der Waals surface area contributed by atoms with E-state index in [4.69, 9.17) is 5.73 Å². The van der Waals surface area contributed by atoms with E-state index in [1.165, 1.54) is 0 Å². The maximum atomic E-state index is 11.8. The first-order valence-corrected chi connectivity index (χ1v) is 5.15. The third-order valence-corrected chi connectivity index (χ3v) is 2.65. The van der Waals surface area contributed by atoms with Gasteiger partial charge in [-0.1, -0.05) is 0 Å². The molecule has 0 bridgehead atoms. The molecule has 1 aromatic carbocycles. The lowest BCUT2D eigenvalue weighted by Gasteiger charge is -1.99. The quantitative estimate of drug-likeness (QED) is 0.508. The van der Waals surface area contributed by atoms with Gasteiger partial charge in [0.25, 0.3) is 5.91 Å². The summed E-state index contributed by atoms with van der Waals surface area (Å²) in [5.74, 6) is -0.125. The van der Waals surface area contributed by atoms with E-state index < -0.39 is 0 Å². The van der Waals surface area contributed by atoms with E-state index in [0.717, 1.165) is 16.9 Å². The second-order valence-corrected chi connectivity index (χ2v) is 3.82. The van der Waals surface area contributed by atoms with E-state index in [9.17, 15) is 4.79 Å². The number of nitrogens with zero attached hydrogens (tertiary/aromatic N) is 1. The number of hydrogen-bond donors (Lipinski definition) is 3. The number of nitrogens with one attached hydrogen (secondary N) is 2. The van der Waals surface area contributed by atoms with Crippen molar-refractivity contribution in [1.82, 2.24) is 9.97 Å². The summed E-state index contributed by atoms with van der Waals surface area (Å²) in [5, 5.41) is 2.79. The average molecular weight is 226 g/mol. The van der Waals surface area contributed by atoms with Gasteiger partial charge < -0.3 is 16.0 Å². The van der Waals surface area contributed by atoms with Crippen molar-refractivity contribution in [3.05, 3.63) is 42.0 Å². The Kier molecular flexibility index (Phi) is 1.98. The molecule has 0 saturated heterocycles. The third-order valence-electron chi connectivity index (χ3n) is 2.65. The fraction of sp³-hybridized carbons (Fsp3) is 0. The lowest BCUT2D eigenvalue weighted by molar-refractivity contribution is -0.110. The van der Waals surface area contributed by atoms with Crippen molar-refractivity contribution in [3.63, 3.8) is 0 Å². The first-order chi connectivity index (χ1) is 8.24. The number of aromatic nitrogens is 2. The smallest absolute Gasteiger partial charge is 0.256 e. The summed E-state index contributed by atoms with van der Waals surface area (Å²) in [4.78, 5) is 18.7. The summed E-state index contributed by atoms with van der Waals surface area (Å²) in [6.45, 7) is 0. The molecule has 84 valence electrons. The number of carbonyl (C=O) groups is 1. The van der Waals surface area contributed by atoms with Crippen LogP contribution in [0.5, 0.6) is 0 Å². The fourth-order valence-electron chi connectivity index (χ4n) is 1.85. The van der Waals surface area contributed by atoms with Crippen LogP contribution in [0.2, 0.25) is 0 Å². The minimum absolute atomic E-state index is 0.125. The largest absolute Gasteiger partial charge is 0.399 e. The molecule has 0 unspecified atom stereocenters. The van der Waals surface area contributed by atoms with Gasteiger partial charge in [-0.15, -0.1) is 0 Å². The topological polar surface area (TPSA) is 83.8 Å². The zero-order chi connectivity index (χ0) is 11.8.